The highest BCUT2D eigenvalue weighted by Gasteiger charge is 2.24. The predicted octanol–water partition coefficient (Wildman–Crippen LogP) is 2.43. The molecule has 124 valence electrons. The molecule has 23 heavy (non-hydrogen) atoms. The zero-order chi connectivity index (χ0) is 16.8. The molecule has 1 aliphatic rings. The van der Waals surface area contributed by atoms with E-state index in [-0.39, 0.29) is 17.2 Å². The van der Waals surface area contributed by atoms with Gasteiger partial charge in [-0.1, -0.05) is 0 Å². The average molecular weight is 320 g/mol. The summed E-state index contributed by atoms with van der Waals surface area (Å²) in [6, 6.07) is 4.03. The van der Waals surface area contributed by atoms with E-state index in [1.807, 2.05) is 7.05 Å². The maximum Gasteiger partial charge on any atom is 0.280 e. The molecule has 1 aromatic carbocycles. The summed E-state index contributed by atoms with van der Waals surface area (Å²) in [6.45, 7) is 1.14. The number of nitrogens with zero attached hydrogens (tertiary/aromatic N) is 2. The molecule has 1 aliphatic carbocycles. The van der Waals surface area contributed by atoms with Crippen molar-refractivity contribution in [3.05, 3.63) is 33.9 Å². The van der Waals surface area contributed by atoms with Gasteiger partial charge in [-0.3, -0.25) is 19.7 Å². The molecule has 2 rings (SSSR count). The first-order chi connectivity index (χ1) is 11.0. The van der Waals surface area contributed by atoms with Gasteiger partial charge in [0.2, 0.25) is 5.91 Å². The molecule has 7 nitrogen and oxygen atoms in total. The highest BCUT2D eigenvalue weighted by molar-refractivity contribution is 5.82. The van der Waals surface area contributed by atoms with Crippen LogP contribution in [-0.2, 0) is 4.79 Å². The van der Waals surface area contributed by atoms with Gasteiger partial charge in [-0.15, -0.1) is 0 Å². The van der Waals surface area contributed by atoms with Crippen molar-refractivity contribution in [3.8, 4) is 5.75 Å². The van der Waals surface area contributed by atoms with E-state index in [9.17, 15) is 19.7 Å². The Hall–Kier alpha value is -2.44. The number of ether oxygens (including phenoxy) is 1. The van der Waals surface area contributed by atoms with Crippen molar-refractivity contribution in [1.82, 2.24) is 4.90 Å². The van der Waals surface area contributed by atoms with Gasteiger partial charge in [0.15, 0.2) is 6.29 Å². The third kappa shape index (κ3) is 5.05. The minimum Gasteiger partial charge on any atom is -0.494 e. The highest BCUT2D eigenvalue weighted by Crippen LogP contribution is 2.29. The maximum atomic E-state index is 11.9. The predicted molar refractivity (Wildman–Crippen MR) is 83.6 cm³/mol. The zero-order valence-electron chi connectivity index (χ0n) is 13.1. The standard InChI is InChI=1S/C16H20N2O5/c1-17(10-12-4-5-12)16(20)3-2-8-23-14-6-7-15(18(21)22)13(9-14)11-19/h6-7,9,11-12H,2-5,8,10H2,1H3. The molecule has 0 atom stereocenters. The Morgan fingerprint density at radius 1 is 1.48 bits per heavy atom. The van der Waals surface area contributed by atoms with E-state index < -0.39 is 4.92 Å². The third-order valence-electron chi connectivity index (χ3n) is 3.78. The van der Waals surface area contributed by atoms with Crippen LogP contribution in [0.25, 0.3) is 0 Å². The fourth-order valence-corrected chi connectivity index (χ4v) is 2.28. The van der Waals surface area contributed by atoms with Gasteiger partial charge in [-0.05, 0) is 37.3 Å². The van der Waals surface area contributed by atoms with Crippen molar-refractivity contribution in [1.29, 1.82) is 0 Å². The van der Waals surface area contributed by atoms with Crippen LogP contribution in [0.2, 0.25) is 0 Å². The van der Waals surface area contributed by atoms with E-state index >= 15 is 0 Å². The number of hydrogen-bond donors (Lipinski definition) is 0. The molecule has 0 aliphatic heterocycles. The van der Waals surface area contributed by atoms with E-state index in [0.717, 1.165) is 6.54 Å². The quantitative estimate of drug-likeness (QED) is 0.302. The second-order valence-electron chi connectivity index (χ2n) is 5.77. The van der Waals surface area contributed by atoms with Gasteiger partial charge in [-0.25, -0.2) is 0 Å². The SMILES string of the molecule is CN(CC1CC1)C(=O)CCCOc1ccc([N+](=O)[O-])c(C=O)c1. The van der Waals surface area contributed by atoms with Gasteiger partial charge in [-0.2, -0.15) is 0 Å². The summed E-state index contributed by atoms with van der Waals surface area (Å²) in [5.41, 5.74) is -0.267. The second-order valence-corrected chi connectivity index (χ2v) is 5.77. The summed E-state index contributed by atoms with van der Waals surface area (Å²) in [5, 5.41) is 10.7. The Morgan fingerprint density at radius 3 is 2.83 bits per heavy atom. The largest absolute Gasteiger partial charge is 0.494 e. The van der Waals surface area contributed by atoms with Gasteiger partial charge in [0.05, 0.1) is 17.1 Å². The summed E-state index contributed by atoms with van der Waals surface area (Å²) in [4.78, 5) is 34.6. The fourth-order valence-electron chi connectivity index (χ4n) is 2.28. The zero-order valence-corrected chi connectivity index (χ0v) is 13.1. The third-order valence-corrected chi connectivity index (χ3v) is 3.78. The van der Waals surface area contributed by atoms with Crippen molar-refractivity contribution in [2.75, 3.05) is 20.2 Å². The molecule has 0 radical (unpaired) electrons. The lowest BCUT2D eigenvalue weighted by Gasteiger charge is -2.16. The summed E-state index contributed by atoms with van der Waals surface area (Å²) in [5.74, 6) is 1.15. The number of amides is 1. The first-order valence-corrected chi connectivity index (χ1v) is 7.61. The van der Waals surface area contributed by atoms with Crippen molar-refractivity contribution in [2.45, 2.75) is 25.7 Å². The lowest BCUT2D eigenvalue weighted by Crippen LogP contribution is -2.28. The van der Waals surface area contributed by atoms with Gasteiger partial charge < -0.3 is 9.64 Å². The molecule has 1 amide bonds. The Morgan fingerprint density at radius 2 is 2.22 bits per heavy atom. The number of benzene rings is 1. The number of carbonyl (C=O) groups excluding carboxylic acids is 2. The van der Waals surface area contributed by atoms with E-state index in [0.29, 0.717) is 37.4 Å². The van der Waals surface area contributed by atoms with Gasteiger partial charge >= 0.3 is 0 Å². The Bertz CT molecular complexity index is 598. The topological polar surface area (TPSA) is 89.8 Å². The van der Waals surface area contributed by atoms with Crippen molar-refractivity contribution in [3.63, 3.8) is 0 Å². The van der Waals surface area contributed by atoms with Crippen LogP contribution in [0.3, 0.4) is 0 Å². The molecule has 0 bridgehead atoms. The number of aldehydes is 1. The second kappa shape index (κ2) is 7.71. The molecular weight excluding hydrogens is 300 g/mol. The highest BCUT2D eigenvalue weighted by atomic mass is 16.6. The van der Waals surface area contributed by atoms with Crippen LogP contribution in [0.1, 0.15) is 36.0 Å². The first-order valence-electron chi connectivity index (χ1n) is 7.61. The van der Waals surface area contributed by atoms with Crippen LogP contribution in [0.4, 0.5) is 5.69 Å². The van der Waals surface area contributed by atoms with Crippen molar-refractivity contribution >= 4 is 17.9 Å². The van der Waals surface area contributed by atoms with Crippen LogP contribution in [-0.4, -0.2) is 42.2 Å². The molecular formula is C16H20N2O5. The van der Waals surface area contributed by atoms with Crippen LogP contribution in [0.5, 0.6) is 5.75 Å². The molecule has 1 aromatic rings. The molecule has 7 heteroatoms. The molecule has 0 aromatic heterocycles. The monoisotopic (exact) mass is 320 g/mol. The van der Waals surface area contributed by atoms with Crippen LogP contribution in [0.15, 0.2) is 18.2 Å². The maximum absolute atomic E-state index is 11.9. The average Bonchev–Trinajstić information content (AvgIpc) is 3.34. The summed E-state index contributed by atoms with van der Waals surface area (Å²) >= 11 is 0. The summed E-state index contributed by atoms with van der Waals surface area (Å²) in [7, 11) is 1.81. The lowest BCUT2D eigenvalue weighted by atomic mass is 10.2. The Kier molecular flexibility index (Phi) is 5.67. The number of nitro groups is 1. The number of rotatable bonds is 9. The summed E-state index contributed by atoms with van der Waals surface area (Å²) < 4.78 is 5.45. The lowest BCUT2D eigenvalue weighted by molar-refractivity contribution is -0.385. The van der Waals surface area contributed by atoms with Crippen molar-refractivity contribution < 1.29 is 19.2 Å². The van der Waals surface area contributed by atoms with Gasteiger partial charge in [0.1, 0.15) is 5.75 Å². The van der Waals surface area contributed by atoms with Gasteiger partial charge in [0, 0.05) is 26.1 Å². The molecule has 1 fully saturated rings. The first kappa shape index (κ1) is 16.9. The van der Waals surface area contributed by atoms with Gasteiger partial charge in [0.25, 0.3) is 5.69 Å². The number of nitro benzene ring substituents is 1. The molecule has 0 heterocycles. The molecule has 0 spiro atoms. The minimum atomic E-state index is -0.609. The molecule has 0 saturated heterocycles. The molecule has 1 saturated carbocycles. The van der Waals surface area contributed by atoms with E-state index in [4.69, 9.17) is 4.74 Å². The van der Waals surface area contributed by atoms with E-state index in [1.165, 1.54) is 31.0 Å². The smallest absolute Gasteiger partial charge is 0.280 e. The van der Waals surface area contributed by atoms with Crippen molar-refractivity contribution in [2.24, 2.45) is 5.92 Å². The van der Waals surface area contributed by atoms with E-state index in [2.05, 4.69) is 0 Å². The number of carbonyl (C=O) groups is 2. The van der Waals surface area contributed by atoms with Crippen LogP contribution < -0.4 is 4.74 Å². The minimum absolute atomic E-state index is 0.0206. The Balaban J connectivity index is 1.76. The van der Waals surface area contributed by atoms with Crippen LogP contribution in [0, 0.1) is 16.0 Å². The molecule has 0 N–H and O–H groups in total. The molecule has 0 unspecified atom stereocenters. The van der Waals surface area contributed by atoms with Crippen LogP contribution >= 0.6 is 0 Å². The fraction of sp³-hybridized carbons (Fsp3) is 0.500. The number of hydrogen-bond acceptors (Lipinski definition) is 5. The Labute approximate surface area is 134 Å². The summed E-state index contributed by atoms with van der Waals surface area (Å²) in [6.07, 6.45) is 3.80. The van der Waals surface area contributed by atoms with E-state index in [1.54, 1.807) is 4.90 Å². The normalized spacial score (nSPS) is 13.4.